The summed E-state index contributed by atoms with van der Waals surface area (Å²) in [5, 5.41) is 0. The zero-order valence-electron chi connectivity index (χ0n) is 8.99. The van der Waals surface area contributed by atoms with Crippen LogP contribution in [0, 0.1) is 0 Å². The van der Waals surface area contributed by atoms with Crippen molar-refractivity contribution in [2.75, 3.05) is 20.3 Å². The van der Waals surface area contributed by atoms with E-state index < -0.39 is 6.09 Å². The molecule has 0 aliphatic carbocycles. The van der Waals surface area contributed by atoms with Crippen LogP contribution < -0.4 is 0 Å². The molecule has 0 unspecified atom stereocenters. The van der Waals surface area contributed by atoms with Crippen LogP contribution in [-0.2, 0) is 14.3 Å². The van der Waals surface area contributed by atoms with Gasteiger partial charge in [-0.15, -0.1) is 0 Å². The fraction of sp³-hybridized carbons (Fsp3) is 0.600. The highest BCUT2D eigenvalue weighted by Gasteiger charge is 2.20. The van der Waals surface area contributed by atoms with E-state index in [-0.39, 0.29) is 12.4 Å². The topological polar surface area (TPSA) is 55.8 Å². The molecule has 0 spiro atoms. The molecule has 0 N–H and O–H groups in total. The summed E-state index contributed by atoms with van der Waals surface area (Å²) < 4.78 is 9.37. The number of carbonyl (C=O) groups is 2. The number of nitrogens with zero attached hydrogens (tertiary/aromatic N) is 1. The van der Waals surface area contributed by atoms with Gasteiger partial charge in [0.1, 0.15) is 0 Å². The summed E-state index contributed by atoms with van der Waals surface area (Å²) in [5.41, 5.74) is 0.902. The van der Waals surface area contributed by atoms with E-state index in [9.17, 15) is 9.59 Å². The van der Waals surface area contributed by atoms with Gasteiger partial charge in [0.2, 0.25) is 0 Å². The minimum absolute atomic E-state index is 0.251. The first-order valence-corrected chi connectivity index (χ1v) is 4.87. The van der Waals surface area contributed by atoms with Crippen LogP contribution in [-0.4, -0.2) is 37.2 Å². The molecule has 0 radical (unpaired) electrons. The largest absolute Gasteiger partial charge is 0.466 e. The molecule has 5 nitrogen and oxygen atoms in total. The highest BCUT2D eigenvalue weighted by atomic mass is 16.5. The maximum atomic E-state index is 11.1. The molecular weight excluding hydrogens is 198 g/mol. The first-order chi connectivity index (χ1) is 7.17. The summed E-state index contributed by atoms with van der Waals surface area (Å²) in [5.74, 6) is -0.254. The van der Waals surface area contributed by atoms with Gasteiger partial charge in [-0.05, 0) is 18.9 Å². The number of hydrogen-bond acceptors (Lipinski definition) is 4. The van der Waals surface area contributed by atoms with Crippen molar-refractivity contribution in [3.05, 3.63) is 11.8 Å². The highest BCUT2D eigenvalue weighted by Crippen LogP contribution is 2.18. The number of carbonyl (C=O) groups excluding carboxylic acids is 2. The second-order valence-corrected chi connectivity index (χ2v) is 3.18. The molecule has 1 aliphatic rings. The summed E-state index contributed by atoms with van der Waals surface area (Å²) in [7, 11) is 1.33. The average Bonchev–Trinajstić information content (AvgIpc) is 2.65. The third-order valence-electron chi connectivity index (χ3n) is 2.10. The van der Waals surface area contributed by atoms with Crippen molar-refractivity contribution in [1.29, 1.82) is 0 Å². The monoisotopic (exact) mass is 213 g/mol. The van der Waals surface area contributed by atoms with Crippen LogP contribution >= 0.6 is 0 Å². The third-order valence-corrected chi connectivity index (χ3v) is 2.10. The number of rotatable bonds is 3. The molecule has 1 heterocycles. The van der Waals surface area contributed by atoms with Crippen LogP contribution in [0.25, 0.3) is 0 Å². The Balaban J connectivity index is 2.45. The summed E-state index contributed by atoms with van der Waals surface area (Å²) in [4.78, 5) is 23.7. The molecule has 15 heavy (non-hydrogen) atoms. The third kappa shape index (κ3) is 3.27. The number of esters is 1. The molecule has 0 atom stereocenters. The van der Waals surface area contributed by atoms with Crippen molar-refractivity contribution in [3.63, 3.8) is 0 Å². The van der Waals surface area contributed by atoms with Gasteiger partial charge in [-0.2, -0.15) is 0 Å². The summed E-state index contributed by atoms with van der Waals surface area (Å²) in [6, 6.07) is 0. The Labute approximate surface area is 88.6 Å². The zero-order chi connectivity index (χ0) is 11.3. The van der Waals surface area contributed by atoms with Crippen molar-refractivity contribution in [2.24, 2.45) is 0 Å². The smallest absolute Gasteiger partial charge is 0.413 e. The van der Waals surface area contributed by atoms with Crippen molar-refractivity contribution < 1.29 is 19.1 Å². The lowest BCUT2D eigenvalue weighted by Gasteiger charge is -2.09. The van der Waals surface area contributed by atoms with Crippen LogP contribution in [0.2, 0.25) is 0 Å². The minimum atomic E-state index is -0.395. The Hall–Kier alpha value is -1.52. The van der Waals surface area contributed by atoms with E-state index in [1.807, 2.05) is 0 Å². The fourth-order valence-corrected chi connectivity index (χ4v) is 1.41. The normalized spacial score (nSPS) is 14.8. The van der Waals surface area contributed by atoms with Crippen molar-refractivity contribution >= 4 is 12.1 Å². The Kier molecular flexibility index (Phi) is 4.15. The van der Waals surface area contributed by atoms with Crippen LogP contribution in [0.5, 0.6) is 0 Å². The van der Waals surface area contributed by atoms with E-state index in [4.69, 9.17) is 4.74 Å². The zero-order valence-corrected chi connectivity index (χ0v) is 8.99. The number of hydrogen-bond donors (Lipinski definition) is 0. The Bertz CT molecular complexity index is 285. The maximum Gasteiger partial charge on any atom is 0.413 e. The fourth-order valence-electron chi connectivity index (χ4n) is 1.41. The lowest BCUT2D eigenvalue weighted by Crippen LogP contribution is -2.22. The first kappa shape index (κ1) is 11.6. The standard InChI is InChI=1S/C10H15NO4/c1-3-15-9(12)6-8-4-5-11(7-8)10(13)14-2/h7H,3-6H2,1-2H3. The number of methoxy groups -OCH3 is 1. The Morgan fingerprint density at radius 2 is 2.27 bits per heavy atom. The van der Waals surface area contributed by atoms with Crippen molar-refractivity contribution in [1.82, 2.24) is 4.90 Å². The molecule has 0 aromatic rings. The van der Waals surface area contributed by atoms with Crippen LogP contribution in [0.3, 0.4) is 0 Å². The predicted octanol–water partition coefficient (Wildman–Crippen LogP) is 1.30. The van der Waals surface area contributed by atoms with Crippen LogP contribution in [0.1, 0.15) is 19.8 Å². The van der Waals surface area contributed by atoms with Gasteiger partial charge in [0.05, 0.1) is 20.1 Å². The summed E-state index contributed by atoms with van der Waals surface area (Å²) in [6.07, 6.45) is 2.21. The lowest BCUT2D eigenvalue weighted by atomic mass is 10.2. The predicted molar refractivity (Wildman–Crippen MR) is 53.1 cm³/mol. The van der Waals surface area contributed by atoms with Gasteiger partial charge in [-0.1, -0.05) is 0 Å². The molecule has 0 bridgehead atoms. The summed E-state index contributed by atoms with van der Waals surface area (Å²) in [6.45, 7) is 2.72. The molecule has 1 amide bonds. The molecule has 0 saturated heterocycles. The molecule has 5 heteroatoms. The highest BCUT2D eigenvalue weighted by molar-refractivity contribution is 5.74. The molecule has 1 aliphatic heterocycles. The Morgan fingerprint density at radius 3 is 2.87 bits per heavy atom. The number of amides is 1. The van der Waals surface area contributed by atoms with Gasteiger partial charge in [-0.25, -0.2) is 4.79 Å². The number of ether oxygens (including phenoxy) is 2. The van der Waals surface area contributed by atoms with Crippen molar-refractivity contribution in [3.8, 4) is 0 Å². The van der Waals surface area contributed by atoms with E-state index in [1.165, 1.54) is 12.0 Å². The first-order valence-electron chi connectivity index (χ1n) is 4.87. The van der Waals surface area contributed by atoms with Gasteiger partial charge in [-0.3, -0.25) is 9.69 Å². The molecular formula is C10H15NO4. The summed E-state index contributed by atoms with van der Waals surface area (Å²) >= 11 is 0. The van der Waals surface area contributed by atoms with Gasteiger partial charge >= 0.3 is 12.1 Å². The van der Waals surface area contributed by atoms with E-state index in [1.54, 1.807) is 13.1 Å². The lowest BCUT2D eigenvalue weighted by molar-refractivity contribution is -0.142. The molecule has 0 fully saturated rings. The van der Waals surface area contributed by atoms with E-state index in [2.05, 4.69) is 4.74 Å². The quantitative estimate of drug-likeness (QED) is 0.663. The van der Waals surface area contributed by atoms with E-state index in [0.717, 1.165) is 5.57 Å². The average molecular weight is 213 g/mol. The van der Waals surface area contributed by atoms with Gasteiger partial charge < -0.3 is 9.47 Å². The van der Waals surface area contributed by atoms with E-state index >= 15 is 0 Å². The van der Waals surface area contributed by atoms with Gasteiger partial charge in [0.15, 0.2) is 0 Å². The van der Waals surface area contributed by atoms with Gasteiger partial charge in [0, 0.05) is 12.7 Å². The van der Waals surface area contributed by atoms with Gasteiger partial charge in [0.25, 0.3) is 0 Å². The Morgan fingerprint density at radius 1 is 1.53 bits per heavy atom. The minimum Gasteiger partial charge on any atom is -0.466 e. The molecule has 84 valence electrons. The molecule has 0 aromatic carbocycles. The SMILES string of the molecule is CCOC(=O)CC1=CN(C(=O)OC)CC1. The molecule has 0 aromatic heterocycles. The van der Waals surface area contributed by atoms with Crippen LogP contribution in [0.15, 0.2) is 11.8 Å². The van der Waals surface area contributed by atoms with Crippen LogP contribution in [0.4, 0.5) is 4.79 Å². The second-order valence-electron chi connectivity index (χ2n) is 3.18. The molecule has 0 saturated carbocycles. The second kappa shape index (κ2) is 5.38. The maximum absolute atomic E-state index is 11.1. The van der Waals surface area contributed by atoms with Crippen molar-refractivity contribution in [2.45, 2.75) is 19.8 Å². The molecule has 1 rings (SSSR count). The van der Waals surface area contributed by atoms with E-state index in [0.29, 0.717) is 19.6 Å².